The number of hydrogen-bond acceptors (Lipinski definition) is 4. The fourth-order valence-corrected chi connectivity index (χ4v) is 5.17. The van der Waals surface area contributed by atoms with Gasteiger partial charge in [0.25, 0.3) is 0 Å². The number of nitrogens with zero attached hydrogens (tertiary/aromatic N) is 1. The van der Waals surface area contributed by atoms with Gasteiger partial charge in [0.1, 0.15) is 0 Å². The van der Waals surface area contributed by atoms with Crippen LogP contribution in [0.4, 0.5) is 13.2 Å². The zero-order valence-corrected chi connectivity index (χ0v) is 17.6. The summed E-state index contributed by atoms with van der Waals surface area (Å²) in [6, 6.07) is 12.6. The van der Waals surface area contributed by atoms with Gasteiger partial charge in [0, 0.05) is 24.6 Å². The Kier molecular flexibility index (Phi) is 6.56. The molecule has 9 heteroatoms. The van der Waals surface area contributed by atoms with Gasteiger partial charge in [-0.05, 0) is 37.1 Å². The Hall–Kier alpha value is -2.65. The molecule has 3 rings (SSSR count). The molecule has 0 bridgehead atoms. The third-order valence-electron chi connectivity index (χ3n) is 5.24. The summed E-state index contributed by atoms with van der Waals surface area (Å²) >= 11 is 0. The molecular weight excluding hydrogens is 431 g/mol. The zero-order chi connectivity index (χ0) is 22.7. The summed E-state index contributed by atoms with van der Waals surface area (Å²) in [5.41, 5.74) is -1.65. The number of halogens is 3. The lowest BCUT2D eigenvalue weighted by Gasteiger charge is -2.27. The van der Waals surface area contributed by atoms with Gasteiger partial charge in [-0.15, -0.1) is 0 Å². The molecule has 2 aromatic carbocycles. The number of rotatable bonds is 6. The lowest BCUT2D eigenvalue weighted by atomic mass is 9.78. The maximum atomic E-state index is 13.3. The predicted molar refractivity (Wildman–Crippen MR) is 109 cm³/mol. The van der Waals surface area contributed by atoms with Crippen molar-refractivity contribution >= 4 is 16.0 Å². The quantitative estimate of drug-likeness (QED) is 0.487. The molecular formula is C22H22F3NO4S. The third-order valence-corrected chi connectivity index (χ3v) is 7.10. The van der Waals surface area contributed by atoms with E-state index < -0.39 is 33.1 Å². The molecule has 1 aliphatic heterocycles. The van der Waals surface area contributed by atoms with E-state index in [1.807, 2.05) is 0 Å². The smallest absolute Gasteiger partial charge is 0.416 e. The van der Waals surface area contributed by atoms with Crippen molar-refractivity contribution in [3.8, 4) is 0 Å². The van der Waals surface area contributed by atoms with Gasteiger partial charge in [-0.2, -0.15) is 17.5 Å². The fourth-order valence-electron chi connectivity index (χ4n) is 3.63. The van der Waals surface area contributed by atoms with Crippen LogP contribution in [0.5, 0.6) is 0 Å². The maximum absolute atomic E-state index is 13.3. The number of hydrogen-bond donors (Lipinski definition) is 0. The molecule has 1 aliphatic rings. The van der Waals surface area contributed by atoms with E-state index in [9.17, 15) is 26.4 Å². The number of sulfonamides is 1. The average molecular weight is 453 g/mol. The zero-order valence-electron chi connectivity index (χ0n) is 16.8. The lowest BCUT2D eigenvalue weighted by Crippen LogP contribution is -2.34. The first-order chi connectivity index (χ1) is 14.6. The average Bonchev–Trinajstić information content (AvgIpc) is 3.19. The van der Waals surface area contributed by atoms with Crippen LogP contribution in [0.15, 0.2) is 71.6 Å². The molecule has 31 heavy (non-hydrogen) atoms. The predicted octanol–water partition coefficient (Wildman–Crippen LogP) is 4.16. The van der Waals surface area contributed by atoms with E-state index in [4.69, 9.17) is 4.74 Å². The molecule has 1 heterocycles. The summed E-state index contributed by atoms with van der Waals surface area (Å²) in [7, 11) is -3.84. The Morgan fingerprint density at radius 1 is 1.16 bits per heavy atom. The number of carbonyl (C=O) groups excluding carboxylic acids is 1. The second kappa shape index (κ2) is 8.84. The van der Waals surface area contributed by atoms with Crippen molar-refractivity contribution in [2.45, 2.75) is 29.8 Å². The van der Waals surface area contributed by atoms with Gasteiger partial charge in [-0.25, -0.2) is 13.2 Å². The van der Waals surface area contributed by atoms with E-state index >= 15 is 0 Å². The largest absolute Gasteiger partial charge is 0.463 e. The van der Waals surface area contributed by atoms with Gasteiger partial charge in [0.15, 0.2) is 0 Å². The normalized spacial score (nSPS) is 20.3. The summed E-state index contributed by atoms with van der Waals surface area (Å²) in [4.78, 5) is 12.0. The number of benzene rings is 2. The third kappa shape index (κ3) is 4.99. The summed E-state index contributed by atoms with van der Waals surface area (Å²) in [5, 5.41) is 0. The first-order valence-electron chi connectivity index (χ1n) is 9.67. The summed E-state index contributed by atoms with van der Waals surface area (Å²) < 4.78 is 72.1. The number of alkyl halides is 3. The Morgan fingerprint density at radius 3 is 2.52 bits per heavy atom. The van der Waals surface area contributed by atoms with Crippen molar-refractivity contribution in [1.82, 2.24) is 4.31 Å². The lowest BCUT2D eigenvalue weighted by molar-refractivity contribution is -0.138. The molecule has 0 amide bonds. The van der Waals surface area contributed by atoms with Crippen molar-refractivity contribution in [3.63, 3.8) is 0 Å². The molecule has 1 unspecified atom stereocenters. The highest BCUT2D eigenvalue weighted by Crippen LogP contribution is 2.40. The van der Waals surface area contributed by atoms with Crippen molar-refractivity contribution < 1.29 is 31.1 Å². The molecule has 0 N–H and O–H groups in total. The maximum Gasteiger partial charge on any atom is 0.416 e. The highest BCUT2D eigenvalue weighted by atomic mass is 32.2. The minimum Gasteiger partial charge on any atom is -0.463 e. The second-order valence-corrected chi connectivity index (χ2v) is 9.16. The SMILES string of the molecule is CCOC(=O)/C=C/C1(c2cccc(C(F)(F)F)c2)CCN(S(=O)(=O)c2ccccc2)C1. The van der Waals surface area contributed by atoms with E-state index in [2.05, 4.69) is 0 Å². The molecule has 5 nitrogen and oxygen atoms in total. The Bertz CT molecular complexity index is 1070. The summed E-state index contributed by atoms with van der Waals surface area (Å²) in [5.74, 6) is -0.641. The van der Waals surface area contributed by atoms with Gasteiger partial charge >= 0.3 is 12.1 Å². The molecule has 0 radical (unpaired) electrons. The van der Waals surface area contributed by atoms with E-state index in [1.165, 1.54) is 34.6 Å². The van der Waals surface area contributed by atoms with Crippen LogP contribution in [-0.4, -0.2) is 38.4 Å². The Balaban J connectivity index is 2.02. The van der Waals surface area contributed by atoms with E-state index in [-0.39, 0.29) is 36.6 Å². The van der Waals surface area contributed by atoms with Gasteiger partial charge in [-0.3, -0.25) is 0 Å². The van der Waals surface area contributed by atoms with Crippen LogP contribution >= 0.6 is 0 Å². The summed E-state index contributed by atoms with van der Waals surface area (Å²) in [6.07, 6.45) is -1.71. The van der Waals surface area contributed by atoms with E-state index in [1.54, 1.807) is 25.1 Å². The van der Waals surface area contributed by atoms with Crippen LogP contribution in [-0.2, 0) is 31.1 Å². The van der Waals surface area contributed by atoms with Crippen molar-refractivity contribution in [2.24, 2.45) is 0 Å². The van der Waals surface area contributed by atoms with E-state index in [0.29, 0.717) is 0 Å². The molecule has 0 aliphatic carbocycles. The van der Waals surface area contributed by atoms with Crippen molar-refractivity contribution in [1.29, 1.82) is 0 Å². The molecule has 1 fully saturated rings. The molecule has 0 aromatic heterocycles. The minimum atomic E-state index is -4.55. The van der Waals surface area contributed by atoms with Crippen molar-refractivity contribution in [2.75, 3.05) is 19.7 Å². The van der Waals surface area contributed by atoms with Crippen LogP contribution in [0, 0.1) is 0 Å². The van der Waals surface area contributed by atoms with Crippen LogP contribution in [0.25, 0.3) is 0 Å². The van der Waals surface area contributed by atoms with Crippen LogP contribution in [0.2, 0.25) is 0 Å². The standard InChI is InChI=1S/C22H22F3NO4S/c1-2-30-20(27)11-12-21(17-7-6-8-18(15-17)22(23,24)25)13-14-26(16-21)31(28,29)19-9-4-3-5-10-19/h3-12,15H,2,13-14,16H2,1H3/b12-11+. The van der Waals surface area contributed by atoms with Gasteiger partial charge in [0.2, 0.25) is 10.0 Å². The second-order valence-electron chi connectivity index (χ2n) is 7.22. The highest BCUT2D eigenvalue weighted by molar-refractivity contribution is 7.89. The monoisotopic (exact) mass is 453 g/mol. The number of ether oxygens (including phenoxy) is 1. The molecule has 2 aromatic rings. The molecule has 1 saturated heterocycles. The highest BCUT2D eigenvalue weighted by Gasteiger charge is 2.43. The molecule has 1 atom stereocenters. The number of carbonyl (C=O) groups is 1. The summed E-state index contributed by atoms with van der Waals surface area (Å²) in [6.45, 7) is 1.79. The number of esters is 1. The van der Waals surface area contributed by atoms with E-state index in [0.717, 1.165) is 18.2 Å². The molecule has 0 spiro atoms. The fraction of sp³-hybridized carbons (Fsp3) is 0.318. The van der Waals surface area contributed by atoms with Crippen LogP contribution in [0.3, 0.4) is 0 Å². The Morgan fingerprint density at radius 2 is 1.87 bits per heavy atom. The van der Waals surface area contributed by atoms with Crippen molar-refractivity contribution in [3.05, 3.63) is 77.9 Å². The first-order valence-corrected chi connectivity index (χ1v) is 11.1. The van der Waals surface area contributed by atoms with Gasteiger partial charge in [0.05, 0.1) is 17.1 Å². The Labute approximate surface area is 179 Å². The first kappa shape index (κ1) is 23.0. The molecule has 0 saturated carbocycles. The van der Waals surface area contributed by atoms with Gasteiger partial charge < -0.3 is 4.74 Å². The molecule has 166 valence electrons. The van der Waals surface area contributed by atoms with Crippen LogP contribution in [0.1, 0.15) is 24.5 Å². The van der Waals surface area contributed by atoms with Crippen LogP contribution < -0.4 is 0 Å². The minimum absolute atomic E-state index is 0.0958. The topological polar surface area (TPSA) is 63.7 Å². The van der Waals surface area contributed by atoms with Gasteiger partial charge in [-0.1, -0.05) is 42.5 Å².